The van der Waals surface area contributed by atoms with Crippen LogP contribution in [0.15, 0.2) is 54.0 Å². The van der Waals surface area contributed by atoms with E-state index in [1.54, 1.807) is 12.2 Å². The summed E-state index contributed by atoms with van der Waals surface area (Å²) in [6, 6.07) is 4.73. The maximum atomic E-state index is 13.9. The van der Waals surface area contributed by atoms with E-state index in [1.807, 2.05) is 6.08 Å². The minimum atomic E-state index is -4.23. The number of benzene rings is 1. The first-order valence-corrected chi connectivity index (χ1v) is 19.8. The fraction of sp³-hybridized carbons (Fsp3) is 0.615. The van der Waals surface area contributed by atoms with Crippen LogP contribution in [0.2, 0.25) is 36.3 Å². The largest absolute Gasteiger partial charge is 0.409 e. The molecule has 8 nitrogen and oxygen atoms in total. The van der Waals surface area contributed by atoms with E-state index in [4.69, 9.17) is 8.85 Å². The van der Waals surface area contributed by atoms with Crippen molar-refractivity contribution in [3.63, 3.8) is 0 Å². The molecule has 0 saturated carbocycles. The highest BCUT2D eigenvalue weighted by atomic mass is 32.2. The Bertz CT molecular complexity index is 1140. The van der Waals surface area contributed by atoms with Gasteiger partial charge in [-0.25, -0.2) is 8.42 Å². The first-order valence-electron chi connectivity index (χ1n) is 12.6. The lowest BCUT2D eigenvalue weighted by Gasteiger charge is -2.46. The molecule has 1 aliphatic heterocycles. The molecule has 1 aliphatic rings. The molecule has 0 N–H and O–H groups in total. The number of nitrogens with zero attached hydrogens (tertiary/aromatic N) is 2. The summed E-state index contributed by atoms with van der Waals surface area (Å²) in [7, 11) is -8.93. The van der Waals surface area contributed by atoms with Crippen molar-refractivity contribution in [1.29, 1.82) is 0 Å². The number of nitro groups is 1. The van der Waals surface area contributed by atoms with Gasteiger partial charge in [-0.2, -0.15) is 4.31 Å². The monoisotopic (exact) mass is 568 g/mol. The zero-order valence-corrected chi connectivity index (χ0v) is 26.8. The Hall–Kier alpha value is -1.64. The van der Waals surface area contributed by atoms with Gasteiger partial charge in [-0.15, -0.1) is 6.58 Å². The van der Waals surface area contributed by atoms with E-state index in [9.17, 15) is 18.5 Å². The van der Waals surface area contributed by atoms with Crippen LogP contribution in [0.1, 0.15) is 41.5 Å². The van der Waals surface area contributed by atoms with Crippen LogP contribution in [0.25, 0.3) is 0 Å². The Balaban J connectivity index is 2.64. The predicted molar refractivity (Wildman–Crippen MR) is 154 cm³/mol. The van der Waals surface area contributed by atoms with Crippen molar-refractivity contribution in [2.75, 3.05) is 6.54 Å². The molecule has 1 aromatic rings. The van der Waals surface area contributed by atoms with Crippen LogP contribution in [0.4, 0.5) is 5.69 Å². The lowest BCUT2D eigenvalue weighted by atomic mass is 10.1. The molecule has 0 aromatic heterocycles. The second-order valence-corrected chi connectivity index (χ2v) is 24.0. The Kier molecular flexibility index (Phi) is 9.26. The van der Waals surface area contributed by atoms with Crippen molar-refractivity contribution in [3.8, 4) is 0 Å². The van der Waals surface area contributed by atoms with E-state index in [0.29, 0.717) is 0 Å². The molecule has 1 aromatic carbocycles. The van der Waals surface area contributed by atoms with E-state index in [-0.39, 0.29) is 21.5 Å². The molecular formula is C26H44N2O6SSi2. The minimum absolute atomic E-state index is 0.0837. The van der Waals surface area contributed by atoms with Crippen LogP contribution >= 0.6 is 0 Å². The first-order chi connectivity index (χ1) is 16.7. The molecule has 0 unspecified atom stereocenters. The SMILES string of the molecule is C=C[C@@H](O[Si](C)(C)C(C)(C)C)[C@@H](O[Si](C)(C)C(C)(C)C)[C@H]1C=CCN1S(=O)(=O)c1ccccc1[N+](=O)[O-]. The van der Waals surface area contributed by atoms with E-state index in [1.165, 1.54) is 28.6 Å². The Labute approximate surface area is 225 Å². The average molecular weight is 569 g/mol. The van der Waals surface area contributed by atoms with Crippen LogP contribution in [0.3, 0.4) is 0 Å². The van der Waals surface area contributed by atoms with Gasteiger partial charge in [0.25, 0.3) is 15.7 Å². The normalized spacial score (nSPS) is 19.6. The summed E-state index contributed by atoms with van der Waals surface area (Å²) >= 11 is 0. The van der Waals surface area contributed by atoms with Gasteiger partial charge in [0.15, 0.2) is 21.5 Å². The van der Waals surface area contributed by atoms with Crippen molar-refractivity contribution >= 4 is 32.3 Å². The molecule has 1 heterocycles. The van der Waals surface area contributed by atoms with Gasteiger partial charge in [0.1, 0.15) is 0 Å². The second kappa shape index (κ2) is 10.9. The third kappa shape index (κ3) is 6.69. The predicted octanol–water partition coefficient (Wildman–Crippen LogP) is 6.49. The van der Waals surface area contributed by atoms with Gasteiger partial charge >= 0.3 is 0 Å². The van der Waals surface area contributed by atoms with Crippen molar-refractivity contribution in [1.82, 2.24) is 4.31 Å². The summed E-state index contributed by atoms with van der Waals surface area (Å²) < 4.78 is 42.7. The molecule has 0 aliphatic carbocycles. The first kappa shape index (κ1) is 31.6. The maximum absolute atomic E-state index is 13.9. The quantitative estimate of drug-likeness (QED) is 0.138. The topological polar surface area (TPSA) is 99.0 Å². The minimum Gasteiger partial charge on any atom is -0.409 e. The number of hydrogen-bond donors (Lipinski definition) is 0. The lowest BCUT2D eigenvalue weighted by Crippen LogP contribution is -2.57. The molecule has 3 atom stereocenters. The van der Waals surface area contributed by atoms with Crippen LogP contribution in [-0.2, 0) is 18.9 Å². The maximum Gasteiger partial charge on any atom is 0.289 e. The molecule has 11 heteroatoms. The summed E-state index contributed by atoms with van der Waals surface area (Å²) in [5.41, 5.74) is -0.451. The molecule has 0 amide bonds. The molecule has 2 rings (SSSR count). The van der Waals surface area contributed by atoms with Gasteiger partial charge in [0.05, 0.1) is 23.2 Å². The number of sulfonamides is 1. The highest BCUT2D eigenvalue weighted by molar-refractivity contribution is 7.89. The number of rotatable bonds is 10. The third-order valence-corrected chi connectivity index (χ3v) is 18.8. The number of hydrogen-bond acceptors (Lipinski definition) is 6. The Morgan fingerprint density at radius 2 is 1.57 bits per heavy atom. The summed E-state index contributed by atoms with van der Waals surface area (Å²) in [6.45, 7) is 25.4. The molecule has 0 fully saturated rings. The fourth-order valence-electron chi connectivity index (χ4n) is 3.62. The van der Waals surface area contributed by atoms with E-state index in [2.05, 4.69) is 74.3 Å². The van der Waals surface area contributed by atoms with Gasteiger partial charge in [-0.3, -0.25) is 10.1 Å². The third-order valence-electron chi connectivity index (χ3n) is 7.97. The summed E-state index contributed by atoms with van der Waals surface area (Å²) in [5, 5.41) is 11.4. The molecule has 0 bridgehead atoms. The van der Waals surface area contributed by atoms with Crippen LogP contribution in [0.5, 0.6) is 0 Å². The smallest absolute Gasteiger partial charge is 0.289 e. The fourth-order valence-corrected chi connectivity index (χ4v) is 7.90. The van der Waals surface area contributed by atoms with Gasteiger partial charge in [0.2, 0.25) is 0 Å². The standard InChI is InChI=1S/C26H44N2O6SSi2/c1-12-22(33-36(8,9)25(2,3)4)24(34-37(10,11)26(5,6)7)21-17-15-19-27(21)35(31,32)23-18-14-13-16-20(23)28(29)30/h12-18,21-22,24H,1,19H2,2-11H3/t21-,22-,24+/m1/s1. The van der Waals surface area contributed by atoms with Gasteiger partial charge < -0.3 is 8.85 Å². The van der Waals surface area contributed by atoms with E-state index >= 15 is 0 Å². The summed E-state index contributed by atoms with van der Waals surface area (Å²) in [6.07, 6.45) is 4.04. The van der Waals surface area contributed by atoms with Gasteiger partial charge in [-0.1, -0.05) is 71.9 Å². The lowest BCUT2D eigenvalue weighted by molar-refractivity contribution is -0.387. The number of para-hydroxylation sites is 1. The number of nitro benzene ring substituents is 1. The van der Waals surface area contributed by atoms with Crippen LogP contribution < -0.4 is 0 Å². The molecule has 0 spiro atoms. The van der Waals surface area contributed by atoms with Crippen molar-refractivity contribution in [3.05, 3.63) is 59.2 Å². The summed E-state index contributed by atoms with van der Waals surface area (Å²) in [4.78, 5) is 10.7. The molecule has 0 radical (unpaired) electrons. The van der Waals surface area contributed by atoms with Crippen molar-refractivity contribution < 1.29 is 22.2 Å². The summed E-state index contributed by atoms with van der Waals surface area (Å²) in [5.74, 6) is 0. The average Bonchev–Trinajstić information content (AvgIpc) is 3.25. The van der Waals surface area contributed by atoms with Crippen molar-refractivity contribution in [2.45, 2.75) is 101 Å². The zero-order chi connectivity index (χ0) is 28.6. The Morgan fingerprint density at radius 1 is 1.05 bits per heavy atom. The highest BCUT2D eigenvalue weighted by Crippen LogP contribution is 2.42. The molecule has 208 valence electrons. The Morgan fingerprint density at radius 3 is 2.05 bits per heavy atom. The van der Waals surface area contributed by atoms with Gasteiger partial charge in [0, 0.05) is 12.6 Å². The zero-order valence-electron chi connectivity index (χ0n) is 23.9. The molecule has 37 heavy (non-hydrogen) atoms. The molecular weight excluding hydrogens is 525 g/mol. The highest BCUT2D eigenvalue weighted by Gasteiger charge is 2.49. The second-order valence-electron chi connectivity index (χ2n) is 12.6. The van der Waals surface area contributed by atoms with Crippen molar-refractivity contribution in [2.24, 2.45) is 0 Å². The van der Waals surface area contributed by atoms with E-state index < -0.39 is 55.5 Å². The van der Waals surface area contributed by atoms with Gasteiger partial charge in [-0.05, 0) is 42.3 Å². The van der Waals surface area contributed by atoms with Crippen LogP contribution in [0, 0.1) is 10.1 Å². The van der Waals surface area contributed by atoms with E-state index in [0.717, 1.165) is 0 Å². The van der Waals surface area contributed by atoms with Crippen LogP contribution in [-0.4, -0.2) is 59.1 Å². The molecule has 0 saturated heterocycles.